The molecule has 0 spiro atoms. The molecule has 1 atom stereocenters. The predicted molar refractivity (Wildman–Crippen MR) is 67.3 cm³/mol. The highest BCUT2D eigenvalue weighted by molar-refractivity contribution is 7.84. The number of unbranched alkanes of at least 4 members (excludes halogenated alkanes) is 3. The lowest BCUT2D eigenvalue weighted by Gasteiger charge is -2.02. The molecule has 1 aromatic rings. The lowest BCUT2D eigenvalue weighted by molar-refractivity contribution is 0.667. The molecule has 1 aromatic carbocycles. The fourth-order valence-corrected chi connectivity index (χ4v) is 2.76. The Kier molecular flexibility index (Phi) is 6.33. The van der Waals surface area contributed by atoms with Gasteiger partial charge in [0.25, 0.3) is 0 Å². The van der Waals surface area contributed by atoms with E-state index in [-0.39, 0.29) is 0 Å². The van der Waals surface area contributed by atoms with E-state index in [2.05, 4.69) is 6.92 Å². The van der Waals surface area contributed by atoms with Gasteiger partial charge in [-0.25, -0.2) is 0 Å². The van der Waals surface area contributed by atoms with Gasteiger partial charge in [0.05, 0.1) is 0 Å². The van der Waals surface area contributed by atoms with Gasteiger partial charge in [-0.05, 0) is 12.0 Å². The van der Waals surface area contributed by atoms with E-state index in [1.165, 1.54) is 24.8 Å². The second kappa shape index (κ2) is 7.63. The smallest absolute Gasteiger partial charge is 0.0485 e. The first-order valence-corrected chi connectivity index (χ1v) is 7.20. The van der Waals surface area contributed by atoms with Crippen LogP contribution in [0.3, 0.4) is 0 Å². The average molecular weight is 224 g/mol. The third-order valence-electron chi connectivity index (χ3n) is 2.40. The fraction of sp³-hybridized carbons (Fsp3) is 0.538. The average Bonchev–Trinajstić information content (AvgIpc) is 2.26. The molecule has 0 saturated carbocycles. The molecule has 1 rings (SSSR count). The van der Waals surface area contributed by atoms with Crippen LogP contribution in [-0.2, 0) is 16.6 Å². The minimum atomic E-state index is -0.674. The zero-order chi connectivity index (χ0) is 10.9. The number of benzene rings is 1. The minimum Gasteiger partial charge on any atom is -0.259 e. The molecular weight excluding hydrogens is 204 g/mol. The van der Waals surface area contributed by atoms with Crippen LogP contribution >= 0.6 is 0 Å². The number of hydrogen-bond donors (Lipinski definition) is 0. The van der Waals surface area contributed by atoms with Gasteiger partial charge in [0.2, 0.25) is 0 Å². The van der Waals surface area contributed by atoms with Gasteiger partial charge >= 0.3 is 0 Å². The molecule has 0 N–H and O–H groups in total. The van der Waals surface area contributed by atoms with Crippen LogP contribution in [0.25, 0.3) is 0 Å². The number of hydrogen-bond acceptors (Lipinski definition) is 1. The van der Waals surface area contributed by atoms with Crippen LogP contribution in [0, 0.1) is 0 Å². The second-order valence-electron chi connectivity index (χ2n) is 3.83. The summed E-state index contributed by atoms with van der Waals surface area (Å²) in [5.41, 5.74) is 1.19. The van der Waals surface area contributed by atoms with Gasteiger partial charge in [-0.2, -0.15) is 0 Å². The van der Waals surface area contributed by atoms with Crippen LogP contribution in [-0.4, -0.2) is 9.96 Å². The summed E-state index contributed by atoms with van der Waals surface area (Å²) < 4.78 is 11.7. The Morgan fingerprint density at radius 2 is 1.80 bits per heavy atom. The predicted octanol–water partition coefficient (Wildman–Crippen LogP) is 3.52. The first-order valence-electron chi connectivity index (χ1n) is 5.72. The second-order valence-corrected chi connectivity index (χ2v) is 5.41. The van der Waals surface area contributed by atoms with Crippen molar-refractivity contribution in [3.63, 3.8) is 0 Å². The molecule has 0 aliphatic heterocycles. The van der Waals surface area contributed by atoms with Crippen molar-refractivity contribution in [3.8, 4) is 0 Å². The highest BCUT2D eigenvalue weighted by atomic mass is 32.2. The van der Waals surface area contributed by atoms with Crippen molar-refractivity contribution in [2.75, 3.05) is 5.75 Å². The van der Waals surface area contributed by atoms with Crippen molar-refractivity contribution in [2.45, 2.75) is 38.4 Å². The molecule has 84 valence electrons. The van der Waals surface area contributed by atoms with Gasteiger partial charge < -0.3 is 0 Å². The molecule has 15 heavy (non-hydrogen) atoms. The maximum Gasteiger partial charge on any atom is 0.0485 e. The molecule has 0 heterocycles. The third-order valence-corrected chi connectivity index (χ3v) is 3.80. The van der Waals surface area contributed by atoms with E-state index in [9.17, 15) is 4.21 Å². The fourth-order valence-electron chi connectivity index (χ4n) is 1.52. The van der Waals surface area contributed by atoms with Gasteiger partial charge in [-0.3, -0.25) is 4.21 Å². The topological polar surface area (TPSA) is 17.1 Å². The molecule has 0 aliphatic carbocycles. The van der Waals surface area contributed by atoms with Crippen molar-refractivity contribution in [3.05, 3.63) is 35.9 Å². The van der Waals surface area contributed by atoms with E-state index in [1.807, 2.05) is 30.3 Å². The summed E-state index contributed by atoms with van der Waals surface area (Å²) in [5, 5.41) is 0. The van der Waals surface area contributed by atoms with Gasteiger partial charge in [-0.15, -0.1) is 0 Å². The molecule has 1 nitrogen and oxygen atoms in total. The zero-order valence-corrected chi connectivity index (χ0v) is 10.3. The molecule has 2 heteroatoms. The molecule has 0 fully saturated rings. The van der Waals surface area contributed by atoms with Gasteiger partial charge in [-0.1, -0.05) is 56.5 Å². The van der Waals surface area contributed by atoms with Crippen LogP contribution < -0.4 is 0 Å². The quantitative estimate of drug-likeness (QED) is 0.648. The Labute approximate surface area is 95.4 Å². The Morgan fingerprint density at radius 3 is 2.47 bits per heavy atom. The van der Waals surface area contributed by atoms with E-state index in [1.54, 1.807) is 0 Å². The zero-order valence-electron chi connectivity index (χ0n) is 9.45. The Hall–Kier alpha value is -0.630. The van der Waals surface area contributed by atoms with Crippen LogP contribution in [0.4, 0.5) is 0 Å². The normalized spacial score (nSPS) is 12.6. The van der Waals surface area contributed by atoms with E-state index in [0.717, 1.165) is 12.2 Å². The molecule has 0 aliphatic rings. The Bertz CT molecular complexity index is 282. The summed E-state index contributed by atoms with van der Waals surface area (Å²) >= 11 is 0. The van der Waals surface area contributed by atoms with E-state index >= 15 is 0 Å². The van der Waals surface area contributed by atoms with Crippen LogP contribution in [0.5, 0.6) is 0 Å². The summed E-state index contributed by atoms with van der Waals surface area (Å²) in [7, 11) is -0.674. The lowest BCUT2D eigenvalue weighted by Crippen LogP contribution is -2.00. The van der Waals surface area contributed by atoms with E-state index < -0.39 is 10.8 Å². The van der Waals surface area contributed by atoms with Crippen LogP contribution in [0.1, 0.15) is 38.2 Å². The Morgan fingerprint density at radius 1 is 1.07 bits per heavy atom. The Balaban J connectivity index is 2.19. The van der Waals surface area contributed by atoms with Crippen molar-refractivity contribution >= 4 is 10.8 Å². The van der Waals surface area contributed by atoms with Gasteiger partial charge in [0.15, 0.2) is 0 Å². The van der Waals surface area contributed by atoms with E-state index in [0.29, 0.717) is 5.75 Å². The maximum absolute atomic E-state index is 11.7. The summed E-state index contributed by atoms with van der Waals surface area (Å²) in [6, 6.07) is 10.1. The monoisotopic (exact) mass is 224 g/mol. The largest absolute Gasteiger partial charge is 0.259 e. The first kappa shape index (κ1) is 12.4. The summed E-state index contributed by atoms with van der Waals surface area (Å²) in [6.07, 6.45) is 4.83. The van der Waals surface area contributed by atoms with Gasteiger partial charge in [0, 0.05) is 22.3 Å². The van der Waals surface area contributed by atoms with Crippen molar-refractivity contribution in [1.29, 1.82) is 0 Å². The molecule has 0 amide bonds. The highest BCUT2D eigenvalue weighted by Gasteiger charge is 2.00. The molecule has 0 saturated heterocycles. The number of rotatable bonds is 7. The molecule has 0 aromatic heterocycles. The SMILES string of the molecule is CCCCCC[S@@](=O)Cc1ccccc1. The summed E-state index contributed by atoms with van der Waals surface area (Å²) in [4.78, 5) is 0. The molecule has 0 unspecified atom stereocenters. The minimum absolute atomic E-state index is 0.674. The van der Waals surface area contributed by atoms with Gasteiger partial charge in [0.1, 0.15) is 0 Å². The van der Waals surface area contributed by atoms with Crippen molar-refractivity contribution in [1.82, 2.24) is 0 Å². The van der Waals surface area contributed by atoms with Crippen LogP contribution in [0.2, 0.25) is 0 Å². The third kappa shape index (κ3) is 5.73. The standard InChI is InChI=1S/C13H20OS/c1-2-3-4-8-11-15(14)12-13-9-6-5-7-10-13/h5-7,9-10H,2-4,8,11-12H2,1H3/t15-/m1/s1. The lowest BCUT2D eigenvalue weighted by atomic mass is 10.2. The van der Waals surface area contributed by atoms with E-state index in [4.69, 9.17) is 0 Å². The first-order chi connectivity index (χ1) is 7.33. The molecular formula is C13H20OS. The molecule has 0 radical (unpaired) electrons. The van der Waals surface area contributed by atoms with Crippen molar-refractivity contribution in [2.24, 2.45) is 0 Å². The van der Waals surface area contributed by atoms with Crippen LogP contribution in [0.15, 0.2) is 30.3 Å². The molecule has 0 bridgehead atoms. The van der Waals surface area contributed by atoms with Crippen molar-refractivity contribution < 1.29 is 4.21 Å². The summed E-state index contributed by atoms with van der Waals surface area (Å²) in [6.45, 7) is 2.20. The summed E-state index contributed by atoms with van der Waals surface area (Å²) in [5.74, 6) is 1.57. The maximum atomic E-state index is 11.7. The highest BCUT2D eigenvalue weighted by Crippen LogP contribution is 2.06.